The van der Waals surface area contributed by atoms with Gasteiger partial charge in [0, 0.05) is 11.6 Å². The Bertz CT molecular complexity index is 514. The van der Waals surface area contributed by atoms with Crippen molar-refractivity contribution in [3.63, 3.8) is 0 Å². The number of hydrogen-bond donors (Lipinski definition) is 1. The molecule has 15 heavy (non-hydrogen) atoms. The van der Waals surface area contributed by atoms with Crippen molar-refractivity contribution in [3.8, 4) is 0 Å². The number of anilines is 1. The van der Waals surface area contributed by atoms with E-state index in [4.69, 9.17) is 10.3 Å². The van der Waals surface area contributed by atoms with Crippen LogP contribution in [0.2, 0.25) is 0 Å². The highest BCUT2D eigenvalue weighted by Crippen LogP contribution is 2.29. The molecule has 0 amide bonds. The van der Waals surface area contributed by atoms with Crippen molar-refractivity contribution in [3.05, 3.63) is 17.0 Å². The lowest BCUT2D eigenvalue weighted by Crippen LogP contribution is -1.97. The molecule has 0 unspecified atom stereocenters. The van der Waals surface area contributed by atoms with E-state index in [1.807, 2.05) is 13.8 Å². The summed E-state index contributed by atoms with van der Waals surface area (Å²) in [5.41, 5.74) is 10.8. The maximum atomic E-state index is 5.96. The van der Waals surface area contributed by atoms with E-state index in [-0.39, 0.29) is 0 Å². The fourth-order valence-electron chi connectivity index (χ4n) is 1.58. The van der Waals surface area contributed by atoms with E-state index in [2.05, 4.69) is 24.0 Å². The number of nitrogen functional groups attached to an aromatic ring is 1. The van der Waals surface area contributed by atoms with Crippen LogP contribution in [0.15, 0.2) is 4.52 Å². The first-order chi connectivity index (χ1) is 7.02. The third kappa shape index (κ3) is 1.37. The van der Waals surface area contributed by atoms with Crippen LogP contribution in [-0.2, 0) is 0 Å². The van der Waals surface area contributed by atoms with Gasteiger partial charge in [-0.15, -0.1) is 0 Å². The molecular weight excluding hydrogens is 190 g/mol. The van der Waals surface area contributed by atoms with E-state index < -0.39 is 0 Å². The molecule has 4 heteroatoms. The molecule has 0 aliphatic rings. The van der Waals surface area contributed by atoms with Gasteiger partial charge < -0.3 is 10.3 Å². The molecule has 0 aromatic carbocycles. The molecule has 0 saturated carbocycles. The molecule has 0 atom stereocenters. The monoisotopic (exact) mass is 205 g/mol. The van der Waals surface area contributed by atoms with E-state index in [1.54, 1.807) is 0 Å². The first-order valence-electron chi connectivity index (χ1n) is 5.04. The Morgan fingerprint density at radius 1 is 1.27 bits per heavy atom. The topological polar surface area (TPSA) is 64.9 Å². The second kappa shape index (κ2) is 3.22. The number of pyridine rings is 1. The lowest BCUT2D eigenvalue weighted by atomic mass is 10.1. The van der Waals surface area contributed by atoms with Crippen molar-refractivity contribution in [2.75, 3.05) is 5.73 Å². The van der Waals surface area contributed by atoms with Crippen LogP contribution in [0.25, 0.3) is 11.1 Å². The van der Waals surface area contributed by atoms with E-state index in [9.17, 15) is 0 Å². The Hall–Kier alpha value is -1.58. The fraction of sp³-hybridized carbons (Fsp3) is 0.455. The number of aromatic nitrogens is 2. The average molecular weight is 205 g/mol. The Morgan fingerprint density at radius 2 is 1.93 bits per heavy atom. The summed E-state index contributed by atoms with van der Waals surface area (Å²) in [5.74, 6) is 0.292. The second-order valence-electron chi connectivity index (χ2n) is 4.14. The van der Waals surface area contributed by atoms with E-state index in [0.29, 0.717) is 17.2 Å². The van der Waals surface area contributed by atoms with E-state index >= 15 is 0 Å². The summed E-state index contributed by atoms with van der Waals surface area (Å²) in [6.07, 6.45) is 0. The SMILES string of the molecule is Cc1nc2c(C(C)C)noc2c(N)c1C. The minimum atomic E-state index is 0.292. The van der Waals surface area contributed by atoms with Gasteiger partial charge in [-0.3, -0.25) is 0 Å². The number of nitrogens with zero attached hydrogens (tertiary/aromatic N) is 2. The Balaban J connectivity index is 2.83. The molecule has 0 spiro atoms. The van der Waals surface area contributed by atoms with Crippen LogP contribution < -0.4 is 5.73 Å². The van der Waals surface area contributed by atoms with Crippen molar-refractivity contribution < 1.29 is 4.52 Å². The number of rotatable bonds is 1. The molecule has 4 nitrogen and oxygen atoms in total. The molecule has 0 saturated heterocycles. The maximum Gasteiger partial charge on any atom is 0.208 e. The molecule has 0 bridgehead atoms. The zero-order valence-electron chi connectivity index (χ0n) is 9.46. The van der Waals surface area contributed by atoms with Crippen LogP contribution in [0.5, 0.6) is 0 Å². The zero-order chi connectivity index (χ0) is 11.2. The van der Waals surface area contributed by atoms with Gasteiger partial charge in [0.1, 0.15) is 11.2 Å². The van der Waals surface area contributed by atoms with Crippen molar-refractivity contribution in [1.82, 2.24) is 10.1 Å². The molecule has 0 aliphatic carbocycles. The summed E-state index contributed by atoms with van der Waals surface area (Å²) in [7, 11) is 0. The summed E-state index contributed by atoms with van der Waals surface area (Å²) >= 11 is 0. The molecule has 2 aromatic heterocycles. The largest absolute Gasteiger partial charge is 0.395 e. The average Bonchev–Trinajstić information content (AvgIpc) is 2.58. The van der Waals surface area contributed by atoms with Crippen LogP contribution in [0.1, 0.15) is 36.7 Å². The highest BCUT2D eigenvalue weighted by molar-refractivity contribution is 5.88. The predicted octanol–water partition coefficient (Wildman–Crippen LogP) is 2.55. The summed E-state index contributed by atoms with van der Waals surface area (Å²) in [6, 6.07) is 0. The minimum Gasteiger partial charge on any atom is -0.395 e. The van der Waals surface area contributed by atoms with Crippen LogP contribution in [0.4, 0.5) is 5.69 Å². The predicted molar refractivity (Wildman–Crippen MR) is 59.8 cm³/mol. The molecule has 2 rings (SSSR count). The van der Waals surface area contributed by atoms with Crippen molar-refractivity contribution in [1.29, 1.82) is 0 Å². The number of fused-ring (bicyclic) bond motifs is 1. The fourth-order valence-corrected chi connectivity index (χ4v) is 1.58. The maximum absolute atomic E-state index is 5.96. The molecular formula is C11H15N3O. The standard InChI is InChI=1S/C11H15N3O/c1-5(2)9-10-11(15-14-9)8(12)6(3)7(4)13-10/h5H,1-4H3,(H2,12,13). The van der Waals surface area contributed by atoms with Crippen LogP contribution in [0.3, 0.4) is 0 Å². The number of nitrogens with two attached hydrogens (primary N) is 1. The van der Waals surface area contributed by atoms with Gasteiger partial charge in [0.2, 0.25) is 5.58 Å². The van der Waals surface area contributed by atoms with Crippen LogP contribution in [-0.4, -0.2) is 10.1 Å². The zero-order valence-corrected chi connectivity index (χ0v) is 9.46. The highest BCUT2D eigenvalue weighted by atomic mass is 16.5. The van der Waals surface area contributed by atoms with Gasteiger partial charge in [-0.05, 0) is 19.4 Å². The number of aryl methyl sites for hydroxylation is 1. The molecule has 2 N–H and O–H groups in total. The lowest BCUT2D eigenvalue weighted by Gasteiger charge is -2.04. The van der Waals surface area contributed by atoms with Gasteiger partial charge >= 0.3 is 0 Å². The quantitative estimate of drug-likeness (QED) is 0.777. The molecule has 80 valence electrons. The van der Waals surface area contributed by atoms with Crippen LogP contribution in [0, 0.1) is 13.8 Å². The lowest BCUT2D eigenvalue weighted by molar-refractivity contribution is 0.442. The summed E-state index contributed by atoms with van der Waals surface area (Å²) < 4.78 is 5.24. The van der Waals surface area contributed by atoms with Gasteiger partial charge in [-0.2, -0.15) is 0 Å². The first kappa shape index (κ1) is 9.96. The normalized spacial score (nSPS) is 11.5. The molecule has 0 radical (unpaired) electrons. The Morgan fingerprint density at radius 3 is 2.53 bits per heavy atom. The van der Waals surface area contributed by atoms with Crippen molar-refractivity contribution in [2.24, 2.45) is 0 Å². The van der Waals surface area contributed by atoms with Crippen LogP contribution >= 0.6 is 0 Å². The minimum absolute atomic E-state index is 0.292. The molecule has 2 aromatic rings. The highest BCUT2D eigenvalue weighted by Gasteiger charge is 2.17. The molecule has 0 aliphatic heterocycles. The first-order valence-corrected chi connectivity index (χ1v) is 5.04. The summed E-state index contributed by atoms with van der Waals surface area (Å²) in [6.45, 7) is 8.01. The van der Waals surface area contributed by atoms with Gasteiger partial charge in [0.15, 0.2) is 0 Å². The van der Waals surface area contributed by atoms with Gasteiger partial charge in [-0.1, -0.05) is 19.0 Å². The van der Waals surface area contributed by atoms with E-state index in [1.165, 1.54) is 0 Å². The smallest absolute Gasteiger partial charge is 0.208 e. The van der Waals surface area contributed by atoms with Gasteiger partial charge in [0.25, 0.3) is 0 Å². The third-order valence-electron chi connectivity index (χ3n) is 2.71. The number of hydrogen-bond acceptors (Lipinski definition) is 4. The van der Waals surface area contributed by atoms with Crippen molar-refractivity contribution in [2.45, 2.75) is 33.6 Å². The molecule has 2 heterocycles. The van der Waals surface area contributed by atoms with Crippen molar-refractivity contribution >= 4 is 16.8 Å². The summed E-state index contributed by atoms with van der Waals surface area (Å²) in [5, 5.41) is 4.02. The van der Waals surface area contributed by atoms with Gasteiger partial charge in [0.05, 0.1) is 5.69 Å². The Kier molecular flexibility index (Phi) is 2.14. The Labute approximate surface area is 88.5 Å². The summed E-state index contributed by atoms with van der Waals surface area (Å²) in [4.78, 5) is 4.48. The second-order valence-corrected chi connectivity index (χ2v) is 4.14. The molecule has 0 fully saturated rings. The van der Waals surface area contributed by atoms with E-state index in [0.717, 1.165) is 22.5 Å². The van der Waals surface area contributed by atoms with Gasteiger partial charge in [-0.25, -0.2) is 4.98 Å². The third-order valence-corrected chi connectivity index (χ3v) is 2.71.